The van der Waals surface area contributed by atoms with Gasteiger partial charge in [0, 0.05) is 7.05 Å². The summed E-state index contributed by atoms with van der Waals surface area (Å²) in [6.07, 6.45) is 5.26. The number of carbonyl (C=O) groups is 3. The van der Waals surface area contributed by atoms with Crippen LogP contribution in [0.3, 0.4) is 0 Å². The molecule has 1 atom stereocenters. The van der Waals surface area contributed by atoms with E-state index in [4.69, 9.17) is 0 Å². The molecule has 1 aliphatic carbocycles. The average molecular weight is 402 g/mol. The third kappa shape index (κ3) is 4.25. The zero-order chi connectivity index (χ0) is 20.9. The molecule has 10 heteroatoms. The van der Waals surface area contributed by atoms with E-state index in [0.717, 1.165) is 25.7 Å². The molecule has 29 heavy (non-hydrogen) atoms. The summed E-state index contributed by atoms with van der Waals surface area (Å²) in [4.78, 5) is 37.7. The maximum Gasteiger partial charge on any atom is 0.273 e. The van der Waals surface area contributed by atoms with Crippen molar-refractivity contribution in [2.45, 2.75) is 31.2 Å². The molecule has 1 fully saturated rings. The van der Waals surface area contributed by atoms with Crippen LogP contribution in [-0.4, -0.2) is 52.3 Å². The molecule has 0 radical (unpaired) electrons. The SMILES string of the molecule is CNC(=O)C(CNC(=O)c1cnn(-c2ccc(F)cc2)n1)(NC=O)C1CCCC1. The lowest BCUT2D eigenvalue weighted by atomic mass is 9.81. The van der Waals surface area contributed by atoms with Gasteiger partial charge in [0.25, 0.3) is 5.91 Å². The van der Waals surface area contributed by atoms with Gasteiger partial charge in [-0.1, -0.05) is 12.8 Å². The molecule has 0 bridgehead atoms. The topological polar surface area (TPSA) is 118 Å². The molecule has 154 valence electrons. The van der Waals surface area contributed by atoms with Crippen molar-refractivity contribution in [1.82, 2.24) is 30.9 Å². The number of carbonyl (C=O) groups excluding carboxylic acids is 3. The van der Waals surface area contributed by atoms with Crippen LogP contribution in [0.1, 0.15) is 36.2 Å². The smallest absolute Gasteiger partial charge is 0.273 e. The standard InChI is InChI=1S/C19H23FN6O3/c1-21-18(29)19(23-12-27,13-4-2-3-5-13)11-22-17(28)16-10-24-26(25-16)15-8-6-14(20)7-9-15/h6-10,12-13H,2-5,11H2,1H3,(H,21,29)(H,22,28)(H,23,27). The number of amides is 3. The van der Waals surface area contributed by atoms with Gasteiger partial charge in [-0.15, -0.1) is 5.10 Å². The van der Waals surface area contributed by atoms with E-state index < -0.39 is 11.4 Å². The van der Waals surface area contributed by atoms with Gasteiger partial charge in [0.2, 0.25) is 12.3 Å². The van der Waals surface area contributed by atoms with Crippen LogP contribution in [0.25, 0.3) is 5.69 Å². The van der Waals surface area contributed by atoms with Gasteiger partial charge in [-0.25, -0.2) is 4.39 Å². The molecule has 3 N–H and O–H groups in total. The Hall–Kier alpha value is -3.30. The molecule has 3 rings (SSSR count). The Morgan fingerprint density at radius 1 is 1.28 bits per heavy atom. The summed E-state index contributed by atoms with van der Waals surface area (Å²) in [5.41, 5.74) is -0.688. The minimum atomic E-state index is -1.23. The fourth-order valence-corrected chi connectivity index (χ4v) is 3.77. The maximum absolute atomic E-state index is 13.1. The van der Waals surface area contributed by atoms with E-state index in [9.17, 15) is 18.8 Å². The second-order valence-electron chi connectivity index (χ2n) is 6.97. The van der Waals surface area contributed by atoms with Crippen molar-refractivity contribution >= 4 is 18.2 Å². The first-order chi connectivity index (χ1) is 14.0. The second-order valence-corrected chi connectivity index (χ2v) is 6.97. The number of likely N-dealkylation sites (N-methyl/N-ethyl adjacent to an activating group) is 1. The van der Waals surface area contributed by atoms with Crippen LogP contribution < -0.4 is 16.0 Å². The molecule has 0 saturated heterocycles. The molecule has 1 saturated carbocycles. The molecule has 3 amide bonds. The third-order valence-electron chi connectivity index (χ3n) is 5.31. The van der Waals surface area contributed by atoms with E-state index in [1.807, 2.05) is 0 Å². The Morgan fingerprint density at radius 3 is 2.59 bits per heavy atom. The number of benzene rings is 1. The summed E-state index contributed by atoms with van der Waals surface area (Å²) in [7, 11) is 1.49. The van der Waals surface area contributed by atoms with Gasteiger partial charge in [0.15, 0.2) is 5.69 Å². The Bertz CT molecular complexity index is 878. The van der Waals surface area contributed by atoms with E-state index in [1.165, 1.54) is 42.3 Å². The van der Waals surface area contributed by atoms with Crippen molar-refractivity contribution < 1.29 is 18.8 Å². The predicted molar refractivity (Wildman–Crippen MR) is 102 cm³/mol. The number of hydrogen-bond acceptors (Lipinski definition) is 5. The van der Waals surface area contributed by atoms with Crippen molar-refractivity contribution in [2.24, 2.45) is 5.92 Å². The zero-order valence-corrected chi connectivity index (χ0v) is 16.0. The van der Waals surface area contributed by atoms with Crippen molar-refractivity contribution in [1.29, 1.82) is 0 Å². The van der Waals surface area contributed by atoms with Crippen LogP contribution >= 0.6 is 0 Å². The number of hydrogen-bond donors (Lipinski definition) is 3. The third-order valence-corrected chi connectivity index (χ3v) is 5.31. The Balaban J connectivity index is 1.75. The largest absolute Gasteiger partial charge is 0.357 e. The van der Waals surface area contributed by atoms with Gasteiger partial charge in [0.1, 0.15) is 11.4 Å². The highest BCUT2D eigenvalue weighted by Gasteiger charge is 2.46. The van der Waals surface area contributed by atoms with Gasteiger partial charge in [-0.3, -0.25) is 14.4 Å². The number of nitrogens with one attached hydrogen (secondary N) is 3. The maximum atomic E-state index is 13.1. The van der Waals surface area contributed by atoms with E-state index >= 15 is 0 Å². The van der Waals surface area contributed by atoms with Gasteiger partial charge in [-0.05, 0) is 43.0 Å². The summed E-state index contributed by atoms with van der Waals surface area (Å²) in [6.45, 7) is -0.0711. The molecule has 2 aromatic rings. The number of rotatable bonds is 8. The quantitative estimate of drug-likeness (QED) is 0.558. The number of halogens is 1. The lowest BCUT2D eigenvalue weighted by molar-refractivity contribution is -0.132. The first-order valence-electron chi connectivity index (χ1n) is 9.40. The highest BCUT2D eigenvalue weighted by molar-refractivity contribution is 5.94. The van der Waals surface area contributed by atoms with Crippen LogP contribution in [0.2, 0.25) is 0 Å². The molecular weight excluding hydrogens is 379 g/mol. The summed E-state index contributed by atoms with van der Waals surface area (Å²) >= 11 is 0. The van der Waals surface area contributed by atoms with Crippen LogP contribution in [0.5, 0.6) is 0 Å². The summed E-state index contributed by atoms with van der Waals surface area (Å²) < 4.78 is 13.1. The molecule has 1 aliphatic rings. The second kappa shape index (κ2) is 8.80. The lowest BCUT2D eigenvalue weighted by Gasteiger charge is -2.36. The average Bonchev–Trinajstić information content (AvgIpc) is 3.43. The lowest BCUT2D eigenvalue weighted by Crippen LogP contribution is -2.65. The predicted octanol–water partition coefficient (Wildman–Crippen LogP) is 0.557. The zero-order valence-electron chi connectivity index (χ0n) is 16.0. The Morgan fingerprint density at radius 2 is 1.97 bits per heavy atom. The fourth-order valence-electron chi connectivity index (χ4n) is 3.77. The first kappa shape index (κ1) is 20.4. The van der Waals surface area contributed by atoms with Crippen LogP contribution in [0, 0.1) is 11.7 Å². The van der Waals surface area contributed by atoms with E-state index in [0.29, 0.717) is 12.1 Å². The first-order valence-corrected chi connectivity index (χ1v) is 9.40. The number of nitrogens with zero attached hydrogens (tertiary/aromatic N) is 3. The van der Waals surface area contributed by atoms with Gasteiger partial charge in [0.05, 0.1) is 18.4 Å². The van der Waals surface area contributed by atoms with Gasteiger partial charge >= 0.3 is 0 Å². The molecule has 9 nitrogen and oxygen atoms in total. The molecule has 0 aliphatic heterocycles. The van der Waals surface area contributed by atoms with E-state index in [-0.39, 0.29) is 29.9 Å². The van der Waals surface area contributed by atoms with E-state index in [1.54, 1.807) is 0 Å². The van der Waals surface area contributed by atoms with Crippen molar-refractivity contribution in [2.75, 3.05) is 13.6 Å². The highest BCUT2D eigenvalue weighted by Crippen LogP contribution is 2.34. The van der Waals surface area contributed by atoms with E-state index in [2.05, 4.69) is 26.1 Å². The summed E-state index contributed by atoms with van der Waals surface area (Å²) in [6, 6.07) is 5.51. The monoisotopic (exact) mass is 402 g/mol. The fraction of sp³-hybridized carbons (Fsp3) is 0.421. The van der Waals surface area contributed by atoms with Crippen LogP contribution in [-0.2, 0) is 9.59 Å². The van der Waals surface area contributed by atoms with Gasteiger partial charge in [-0.2, -0.15) is 9.90 Å². The van der Waals surface area contributed by atoms with Crippen LogP contribution in [0.15, 0.2) is 30.5 Å². The minimum Gasteiger partial charge on any atom is -0.357 e. The molecule has 1 aromatic heterocycles. The molecular formula is C19H23FN6O3. The van der Waals surface area contributed by atoms with Crippen LogP contribution in [0.4, 0.5) is 4.39 Å². The molecule has 1 aromatic carbocycles. The summed E-state index contributed by atoms with van der Waals surface area (Å²) in [5, 5.41) is 16.0. The normalized spacial score (nSPS) is 16.1. The van der Waals surface area contributed by atoms with Crippen molar-refractivity contribution in [3.05, 3.63) is 42.0 Å². The van der Waals surface area contributed by atoms with Crippen molar-refractivity contribution in [3.63, 3.8) is 0 Å². The van der Waals surface area contributed by atoms with Crippen molar-refractivity contribution in [3.8, 4) is 5.69 Å². The summed E-state index contributed by atoms with van der Waals surface area (Å²) in [5.74, 6) is -1.36. The Kier molecular flexibility index (Phi) is 6.20. The molecule has 1 heterocycles. The highest BCUT2D eigenvalue weighted by atomic mass is 19.1. The van der Waals surface area contributed by atoms with Gasteiger partial charge < -0.3 is 16.0 Å². The number of aromatic nitrogens is 3. The minimum absolute atomic E-state index is 0.0395. The molecule has 1 unspecified atom stereocenters. The molecule has 0 spiro atoms. The Labute approximate surface area is 167 Å².